The average Bonchev–Trinajstić information content (AvgIpc) is 2.92. The summed E-state index contributed by atoms with van der Waals surface area (Å²) in [7, 11) is -4.05. The summed E-state index contributed by atoms with van der Waals surface area (Å²) in [5, 5.41) is 11.1. The van der Waals surface area contributed by atoms with E-state index < -0.39 is 21.0 Å². The molecule has 0 aliphatic rings. The first-order valence-corrected chi connectivity index (χ1v) is 12.9. The van der Waals surface area contributed by atoms with Gasteiger partial charge in [0.2, 0.25) is 10.0 Å². The van der Waals surface area contributed by atoms with Crippen LogP contribution in [0.4, 0.5) is 5.69 Å². The van der Waals surface area contributed by atoms with Crippen LogP contribution in [-0.4, -0.2) is 17.6 Å². The molecule has 4 aromatic carbocycles. The fourth-order valence-electron chi connectivity index (χ4n) is 4.09. The Morgan fingerprint density at radius 2 is 1.33 bits per heavy atom. The van der Waals surface area contributed by atoms with Crippen molar-refractivity contribution in [2.24, 2.45) is 0 Å². The average molecular weight is 499 g/mol. The van der Waals surface area contributed by atoms with E-state index in [-0.39, 0.29) is 17.1 Å². The molecule has 4 rings (SSSR count). The quantitative estimate of drug-likeness (QED) is 0.182. The Morgan fingerprint density at radius 3 is 1.89 bits per heavy atom. The third-order valence-corrected chi connectivity index (χ3v) is 7.86. The molecule has 36 heavy (non-hydrogen) atoms. The van der Waals surface area contributed by atoms with Gasteiger partial charge in [0, 0.05) is 18.7 Å². The lowest BCUT2D eigenvalue weighted by molar-refractivity contribution is -0.384. The number of benzene rings is 4. The SMILES string of the molecule is C=C(CC(c1ccccc1)N(Cc1ccccc1)S(=O)(=O)c1ccc([N+](=O)[O-])cc1)c1ccccc1. The minimum Gasteiger partial charge on any atom is -0.258 e. The van der Waals surface area contributed by atoms with Gasteiger partial charge in [0.15, 0.2) is 0 Å². The van der Waals surface area contributed by atoms with Gasteiger partial charge < -0.3 is 0 Å². The summed E-state index contributed by atoms with van der Waals surface area (Å²) >= 11 is 0. The Kier molecular flexibility index (Phi) is 7.73. The molecule has 1 unspecified atom stereocenters. The number of nitro groups is 1. The van der Waals surface area contributed by atoms with Crippen molar-refractivity contribution in [1.82, 2.24) is 4.31 Å². The van der Waals surface area contributed by atoms with E-state index in [9.17, 15) is 18.5 Å². The molecule has 7 heteroatoms. The summed E-state index contributed by atoms with van der Waals surface area (Å²) in [6, 6.07) is 33.0. The molecule has 182 valence electrons. The monoisotopic (exact) mass is 498 g/mol. The van der Waals surface area contributed by atoms with E-state index in [2.05, 4.69) is 6.58 Å². The Hall–Kier alpha value is -4.07. The number of nitro benzene ring substituents is 1. The van der Waals surface area contributed by atoms with Gasteiger partial charge in [0.25, 0.3) is 5.69 Å². The van der Waals surface area contributed by atoms with Crippen molar-refractivity contribution in [2.45, 2.75) is 23.9 Å². The van der Waals surface area contributed by atoms with Crippen molar-refractivity contribution in [1.29, 1.82) is 0 Å². The molecule has 0 heterocycles. The summed E-state index contributed by atoms with van der Waals surface area (Å²) in [6.45, 7) is 4.40. The predicted molar refractivity (Wildman–Crippen MR) is 142 cm³/mol. The van der Waals surface area contributed by atoms with Crippen molar-refractivity contribution in [3.8, 4) is 0 Å². The number of hydrogen-bond acceptors (Lipinski definition) is 4. The first kappa shape index (κ1) is 25.0. The zero-order valence-electron chi connectivity index (χ0n) is 19.6. The van der Waals surface area contributed by atoms with E-state index in [1.54, 1.807) is 0 Å². The highest BCUT2D eigenvalue weighted by Gasteiger charge is 2.33. The maximum absolute atomic E-state index is 14.1. The standard InChI is InChI=1S/C29H26N2O4S/c1-23(25-13-7-3-8-14-25)21-29(26-15-9-4-10-16-26)30(22-24-11-5-2-6-12-24)36(34,35)28-19-17-27(18-20-28)31(32)33/h2-20,29H,1,21-22H2. The number of sulfonamides is 1. The van der Waals surface area contributed by atoms with Gasteiger partial charge in [-0.05, 0) is 40.8 Å². The molecular formula is C29H26N2O4S. The second-order valence-electron chi connectivity index (χ2n) is 8.39. The molecule has 0 aliphatic carbocycles. The van der Waals surface area contributed by atoms with Crippen LogP contribution in [0.3, 0.4) is 0 Å². The van der Waals surface area contributed by atoms with Gasteiger partial charge in [0.05, 0.1) is 15.9 Å². The van der Waals surface area contributed by atoms with E-state index in [1.165, 1.54) is 28.6 Å². The summed E-state index contributed by atoms with van der Waals surface area (Å²) in [4.78, 5) is 10.6. The Balaban J connectivity index is 1.81. The molecule has 0 fully saturated rings. The van der Waals surface area contributed by atoms with E-state index in [4.69, 9.17) is 0 Å². The zero-order valence-corrected chi connectivity index (χ0v) is 20.4. The minimum atomic E-state index is -4.05. The van der Waals surface area contributed by atoms with Crippen molar-refractivity contribution < 1.29 is 13.3 Å². The lowest BCUT2D eigenvalue weighted by Crippen LogP contribution is -2.35. The molecule has 0 radical (unpaired) electrons. The van der Waals surface area contributed by atoms with Crippen LogP contribution in [-0.2, 0) is 16.6 Å². The van der Waals surface area contributed by atoms with E-state index in [0.717, 1.165) is 22.3 Å². The zero-order chi connectivity index (χ0) is 25.5. The van der Waals surface area contributed by atoms with Gasteiger partial charge >= 0.3 is 0 Å². The van der Waals surface area contributed by atoms with Crippen LogP contribution < -0.4 is 0 Å². The van der Waals surface area contributed by atoms with Crippen LogP contribution in [0.1, 0.15) is 29.2 Å². The largest absolute Gasteiger partial charge is 0.269 e. The second kappa shape index (κ2) is 11.1. The molecule has 0 aromatic heterocycles. The summed E-state index contributed by atoms with van der Waals surface area (Å²) < 4.78 is 29.6. The lowest BCUT2D eigenvalue weighted by Gasteiger charge is -2.32. The highest BCUT2D eigenvalue weighted by atomic mass is 32.2. The van der Waals surface area contributed by atoms with E-state index in [1.807, 2.05) is 91.0 Å². The number of non-ortho nitro benzene ring substituents is 1. The first-order chi connectivity index (χ1) is 17.4. The normalized spacial score (nSPS) is 12.2. The molecule has 0 spiro atoms. The molecule has 4 aromatic rings. The molecule has 0 saturated heterocycles. The number of rotatable bonds is 10. The van der Waals surface area contributed by atoms with Crippen LogP contribution in [0.15, 0.2) is 127 Å². The van der Waals surface area contributed by atoms with E-state index >= 15 is 0 Å². The summed E-state index contributed by atoms with van der Waals surface area (Å²) in [5.74, 6) is 0. The second-order valence-corrected chi connectivity index (χ2v) is 10.3. The Labute approximate surface area is 211 Å². The fourth-order valence-corrected chi connectivity index (χ4v) is 5.69. The van der Waals surface area contributed by atoms with Crippen molar-refractivity contribution >= 4 is 21.3 Å². The Bertz CT molecular complexity index is 1420. The van der Waals surface area contributed by atoms with Crippen LogP contribution in [0.5, 0.6) is 0 Å². The van der Waals surface area contributed by atoms with Gasteiger partial charge in [-0.25, -0.2) is 8.42 Å². The maximum Gasteiger partial charge on any atom is 0.269 e. The van der Waals surface area contributed by atoms with Crippen molar-refractivity contribution in [2.75, 3.05) is 0 Å². The van der Waals surface area contributed by atoms with Crippen LogP contribution in [0.25, 0.3) is 5.57 Å². The van der Waals surface area contributed by atoms with Crippen LogP contribution in [0, 0.1) is 10.1 Å². The number of hydrogen-bond donors (Lipinski definition) is 0. The smallest absolute Gasteiger partial charge is 0.258 e. The van der Waals surface area contributed by atoms with Crippen LogP contribution in [0.2, 0.25) is 0 Å². The molecule has 1 atom stereocenters. The topological polar surface area (TPSA) is 80.5 Å². The van der Waals surface area contributed by atoms with Crippen molar-refractivity contribution in [3.05, 3.63) is 149 Å². The third kappa shape index (κ3) is 5.76. The van der Waals surface area contributed by atoms with Gasteiger partial charge in [-0.2, -0.15) is 4.31 Å². The maximum atomic E-state index is 14.1. The first-order valence-electron chi connectivity index (χ1n) is 11.4. The fraction of sp³-hybridized carbons (Fsp3) is 0.103. The molecule has 6 nitrogen and oxygen atoms in total. The predicted octanol–water partition coefficient (Wildman–Crippen LogP) is 6.63. The number of nitrogens with zero attached hydrogens (tertiary/aromatic N) is 2. The molecule has 0 saturated carbocycles. The lowest BCUT2D eigenvalue weighted by atomic mass is 9.95. The highest BCUT2D eigenvalue weighted by molar-refractivity contribution is 7.89. The van der Waals surface area contributed by atoms with E-state index in [0.29, 0.717) is 6.42 Å². The summed E-state index contributed by atoms with van der Waals surface area (Å²) in [6.07, 6.45) is 0.368. The van der Waals surface area contributed by atoms with Crippen molar-refractivity contribution in [3.63, 3.8) is 0 Å². The van der Waals surface area contributed by atoms with Crippen LogP contribution >= 0.6 is 0 Å². The third-order valence-electron chi connectivity index (χ3n) is 5.99. The molecule has 0 aliphatic heterocycles. The molecule has 0 N–H and O–H groups in total. The molecular weight excluding hydrogens is 472 g/mol. The molecule has 0 bridgehead atoms. The molecule has 0 amide bonds. The van der Waals surface area contributed by atoms with Gasteiger partial charge in [-0.15, -0.1) is 0 Å². The highest BCUT2D eigenvalue weighted by Crippen LogP contribution is 2.36. The summed E-state index contributed by atoms with van der Waals surface area (Å²) in [5.41, 5.74) is 3.23. The minimum absolute atomic E-state index is 0.00437. The Morgan fingerprint density at radius 1 is 0.806 bits per heavy atom. The van der Waals surface area contributed by atoms with Gasteiger partial charge in [-0.3, -0.25) is 10.1 Å². The van der Waals surface area contributed by atoms with Gasteiger partial charge in [-0.1, -0.05) is 97.6 Å². The van der Waals surface area contributed by atoms with Gasteiger partial charge in [0.1, 0.15) is 0 Å².